The number of benzene rings is 1. The summed E-state index contributed by atoms with van der Waals surface area (Å²) in [6, 6.07) is 7.89. The summed E-state index contributed by atoms with van der Waals surface area (Å²) in [5.74, 6) is 0. The van der Waals surface area contributed by atoms with Gasteiger partial charge in [-0.2, -0.15) is 0 Å². The first kappa shape index (κ1) is 10.7. The monoisotopic (exact) mass is 217 g/mol. The van der Waals surface area contributed by atoms with E-state index in [1.165, 1.54) is 0 Å². The van der Waals surface area contributed by atoms with Gasteiger partial charge in [-0.3, -0.25) is 4.57 Å². The van der Waals surface area contributed by atoms with Crippen LogP contribution in [0.4, 0.5) is 0 Å². The van der Waals surface area contributed by atoms with E-state index in [4.69, 9.17) is 0 Å². The molecule has 0 unspecified atom stereocenters. The van der Waals surface area contributed by atoms with E-state index >= 15 is 0 Å². The van der Waals surface area contributed by atoms with Crippen molar-refractivity contribution in [1.29, 1.82) is 0 Å². The molecule has 0 bridgehead atoms. The Kier molecular flexibility index (Phi) is 2.92. The van der Waals surface area contributed by atoms with Gasteiger partial charge in [-0.15, -0.1) is 0 Å². The Balaban J connectivity index is 2.55. The zero-order chi connectivity index (χ0) is 11.5. The second-order valence-electron chi connectivity index (χ2n) is 3.72. The normalized spacial score (nSPS) is 10.6. The van der Waals surface area contributed by atoms with E-state index in [0.717, 1.165) is 17.8 Å². The highest BCUT2D eigenvalue weighted by Gasteiger charge is 2.06. The molecule has 4 heteroatoms. The van der Waals surface area contributed by atoms with Crippen LogP contribution < -0.4 is 11.0 Å². The smallest absolute Gasteiger partial charge is 0.316 e. The van der Waals surface area contributed by atoms with Crippen molar-refractivity contribution in [1.82, 2.24) is 14.5 Å². The Hall–Kier alpha value is -1.81. The second kappa shape index (κ2) is 4.37. The molecule has 0 aliphatic heterocycles. The van der Waals surface area contributed by atoms with Crippen LogP contribution >= 0.6 is 0 Å². The number of rotatable bonds is 3. The molecular weight excluding hydrogens is 202 g/mol. The topological polar surface area (TPSA) is 39.0 Å². The molecule has 1 N–H and O–H groups in total. The molecule has 0 spiro atoms. The summed E-state index contributed by atoms with van der Waals surface area (Å²) in [5.41, 5.74) is 2.02. The molecule has 2 aromatic rings. The highest BCUT2D eigenvalue weighted by molar-refractivity contribution is 5.40. The molecule has 0 aliphatic carbocycles. The molecule has 0 saturated heterocycles. The number of hydrogen-bond donors (Lipinski definition) is 1. The minimum atomic E-state index is -0.0245. The van der Waals surface area contributed by atoms with Gasteiger partial charge in [0.2, 0.25) is 0 Å². The maximum atomic E-state index is 11.8. The van der Waals surface area contributed by atoms with Gasteiger partial charge < -0.3 is 9.88 Å². The predicted molar refractivity (Wildman–Crippen MR) is 63.8 cm³/mol. The molecule has 0 atom stereocenters. The molecule has 0 radical (unpaired) electrons. The van der Waals surface area contributed by atoms with Crippen LogP contribution in [-0.2, 0) is 13.6 Å². The van der Waals surface area contributed by atoms with Crippen molar-refractivity contribution in [2.45, 2.75) is 6.54 Å². The number of hydrogen-bond acceptors (Lipinski definition) is 2. The second-order valence-corrected chi connectivity index (χ2v) is 3.72. The predicted octanol–water partition coefficient (Wildman–Crippen LogP) is 0.895. The Morgan fingerprint density at radius 1 is 1.25 bits per heavy atom. The fourth-order valence-electron chi connectivity index (χ4n) is 1.73. The number of aromatic nitrogens is 2. The average Bonchev–Trinajstić information content (AvgIpc) is 2.61. The highest BCUT2D eigenvalue weighted by Crippen LogP contribution is 2.12. The van der Waals surface area contributed by atoms with E-state index in [9.17, 15) is 4.79 Å². The quantitative estimate of drug-likeness (QED) is 0.829. The number of nitrogens with zero attached hydrogens (tertiary/aromatic N) is 2. The van der Waals surface area contributed by atoms with E-state index in [-0.39, 0.29) is 5.69 Å². The zero-order valence-electron chi connectivity index (χ0n) is 9.47. The molecule has 0 fully saturated rings. The van der Waals surface area contributed by atoms with Gasteiger partial charge >= 0.3 is 5.69 Å². The Morgan fingerprint density at radius 2 is 2.00 bits per heavy atom. The zero-order valence-corrected chi connectivity index (χ0v) is 9.47. The first-order chi connectivity index (χ1) is 7.74. The minimum absolute atomic E-state index is 0.0245. The van der Waals surface area contributed by atoms with Crippen molar-refractivity contribution in [2.24, 2.45) is 7.05 Å². The van der Waals surface area contributed by atoms with E-state index in [0.29, 0.717) is 0 Å². The maximum Gasteiger partial charge on any atom is 0.332 e. The van der Waals surface area contributed by atoms with Crippen LogP contribution in [0.5, 0.6) is 0 Å². The van der Waals surface area contributed by atoms with Crippen LogP contribution in [0.15, 0.2) is 41.5 Å². The summed E-state index contributed by atoms with van der Waals surface area (Å²) in [7, 11) is 3.64. The molecular formula is C12H15N3O. The minimum Gasteiger partial charge on any atom is -0.316 e. The third-order valence-corrected chi connectivity index (χ3v) is 2.57. The van der Waals surface area contributed by atoms with Crippen LogP contribution in [0.25, 0.3) is 5.69 Å². The fourth-order valence-corrected chi connectivity index (χ4v) is 1.73. The Morgan fingerprint density at radius 3 is 2.62 bits per heavy atom. The summed E-state index contributed by atoms with van der Waals surface area (Å²) in [5, 5.41) is 3.10. The van der Waals surface area contributed by atoms with Gasteiger partial charge in [0.25, 0.3) is 0 Å². The number of imidazole rings is 1. The summed E-state index contributed by atoms with van der Waals surface area (Å²) < 4.78 is 3.23. The first-order valence-corrected chi connectivity index (χ1v) is 5.21. The molecule has 16 heavy (non-hydrogen) atoms. The van der Waals surface area contributed by atoms with Crippen LogP contribution in [0.2, 0.25) is 0 Å². The molecule has 4 nitrogen and oxygen atoms in total. The van der Waals surface area contributed by atoms with Gasteiger partial charge in [-0.05, 0) is 18.7 Å². The molecule has 2 rings (SSSR count). The summed E-state index contributed by atoms with van der Waals surface area (Å²) in [6.45, 7) is 0.748. The third-order valence-electron chi connectivity index (χ3n) is 2.57. The number of nitrogens with one attached hydrogen (secondary N) is 1. The number of para-hydroxylation sites is 1. The van der Waals surface area contributed by atoms with Gasteiger partial charge in [-0.25, -0.2) is 4.79 Å². The van der Waals surface area contributed by atoms with Crippen molar-refractivity contribution >= 4 is 0 Å². The SMILES string of the molecule is CNCc1ccccc1-n1ccn(C)c1=O. The summed E-state index contributed by atoms with van der Waals surface area (Å²) in [4.78, 5) is 11.8. The van der Waals surface area contributed by atoms with Gasteiger partial charge in [0, 0.05) is 26.0 Å². The van der Waals surface area contributed by atoms with E-state index in [2.05, 4.69) is 5.32 Å². The largest absolute Gasteiger partial charge is 0.332 e. The van der Waals surface area contributed by atoms with E-state index in [1.54, 1.807) is 28.6 Å². The molecule has 1 aromatic carbocycles. The lowest BCUT2D eigenvalue weighted by Crippen LogP contribution is -2.22. The van der Waals surface area contributed by atoms with E-state index < -0.39 is 0 Å². The van der Waals surface area contributed by atoms with Crippen LogP contribution in [-0.4, -0.2) is 16.2 Å². The number of aryl methyl sites for hydroxylation is 1. The van der Waals surface area contributed by atoms with Gasteiger partial charge in [0.1, 0.15) is 0 Å². The summed E-state index contributed by atoms with van der Waals surface area (Å²) in [6.07, 6.45) is 3.55. The molecule has 0 amide bonds. The van der Waals surface area contributed by atoms with Crippen molar-refractivity contribution in [2.75, 3.05) is 7.05 Å². The Bertz CT molecular complexity index is 539. The molecule has 0 saturated carbocycles. The standard InChI is InChI=1S/C12H15N3O/c1-13-9-10-5-3-4-6-11(10)15-8-7-14(2)12(15)16/h3-8,13H,9H2,1-2H3. The van der Waals surface area contributed by atoms with Crippen molar-refractivity contribution in [3.8, 4) is 5.69 Å². The molecule has 1 heterocycles. The Labute approximate surface area is 94.1 Å². The molecule has 84 valence electrons. The van der Waals surface area contributed by atoms with Crippen molar-refractivity contribution < 1.29 is 0 Å². The fraction of sp³-hybridized carbons (Fsp3) is 0.250. The van der Waals surface area contributed by atoms with E-state index in [1.807, 2.05) is 31.3 Å². The molecule has 0 aliphatic rings. The van der Waals surface area contributed by atoms with Crippen LogP contribution in [0.3, 0.4) is 0 Å². The lowest BCUT2D eigenvalue weighted by molar-refractivity contribution is 0.788. The van der Waals surface area contributed by atoms with Crippen LogP contribution in [0.1, 0.15) is 5.56 Å². The van der Waals surface area contributed by atoms with Gasteiger partial charge in [0.05, 0.1) is 5.69 Å². The third kappa shape index (κ3) is 1.79. The summed E-state index contributed by atoms with van der Waals surface area (Å²) >= 11 is 0. The highest BCUT2D eigenvalue weighted by atomic mass is 16.1. The molecule has 1 aromatic heterocycles. The van der Waals surface area contributed by atoms with Crippen LogP contribution in [0, 0.1) is 0 Å². The van der Waals surface area contributed by atoms with Crippen molar-refractivity contribution in [3.05, 3.63) is 52.7 Å². The first-order valence-electron chi connectivity index (χ1n) is 5.21. The van der Waals surface area contributed by atoms with Crippen molar-refractivity contribution in [3.63, 3.8) is 0 Å². The average molecular weight is 217 g/mol. The maximum absolute atomic E-state index is 11.8. The lowest BCUT2D eigenvalue weighted by Gasteiger charge is -2.08. The lowest BCUT2D eigenvalue weighted by atomic mass is 10.2. The van der Waals surface area contributed by atoms with Gasteiger partial charge in [0.15, 0.2) is 0 Å². The van der Waals surface area contributed by atoms with Gasteiger partial charge in [-0.1, -0.05) is 18.2 Å².